The predicted molar refractivity (Wildman–Crippen MR) is 108 cm³/mol. The second-order valence-electron chi connectivity index (χ2n) is 6.14. The van der Waals surface area contributed by atoms with E-state index in [1.807, 2.05) is 59.2 Å². The first kappa shape index (κ1) is 17.6. The van der Waals surface area contributed by atoms with Crippen LogP contribution in [0, 0.1) is 11.8 Å². The lowest BCUT2D eigenvalue weighted by atomic mass is 10.2. The van der Waals surface area contributed by atoms with Crippen molar-refractivity contribution in [1.82, 2.24) is 19.9 Å². The van der Waals surface area contributed by atoms with Crippen LogP contribution in [-0.4, -0.2) is 33.6 Å². The standard InChI is InChI=1S/C22H18N4O2/c27-22(15-26-16-25-19-7-1-2-8-21(19)26)24-11-3-4-13-28-18-10-9-17-6-5-12-23-20(17)14-18/h1-2,5-10,12,14,16H,11,13,15H2,(H,24,27). The van der Waals surface area contributed by atoms with Crippen LogP contribution in [0.3, 0.4) is 0 Å². The van der Waals surface area contributed by atoms with Crippen molar-refractivity contribution in [1.29, 1.82) is 0 Å². The van der Waals surface area contributed by atoms with E-state index in [2.05, 4.69) is 27.1 Å². The van der Waals surface area contributed by atoms with Crippen LogP contribution in [0.4, 0.5) is 0 Å². The van der Waals surface area contributed by atoms with Crippen LogP contribution in [0.5, 0.6) is 5.75 Å². The normalized spacial score (nSPS) is 10.4. The van der Waals surface area contributed by atoms with Crippen molar-refractivity contribution in [3.63, 3.8) is 0 Å². The lowest BCUT2D eigenvalue weighted by Crippen LogP contribution is -2.27. The zero-order valence-corrected chi connectivity index (χ0v) is 15.1. The van der Waals surface area contributed by atoms with E-state index < -0.39 is 0 Å². The topological polar surface area (TPSA) is 69.0 Å². The van der Waals surface area contributed by atoms with Gasteiger partial charge in [0, 0.05) is 17.6 Å². The smallest absolute Gasteiger partial charge is 0.240 e. The second kappa shape index (κ2) is 8.23. The first-order chi connectivity index (χ1) is 13.8. The van der Waals surface area contributed by atoms with Gasteiger partial charge < -0.3 is 14.6 Å². The molecule has 0 unspecified atom stereocenters. The first-order valence-electron chi connectivity index (χ1n) is 8.89. The lowest BCUT2D eigenvalue weighted by Gasteiger charge is -2.04. The molecule has 138 valence electrons. The number of carbonyl (C=O) groups excluding carboxylic acids is 1. The molecule has 0 saturated heterocycles. The van der Waals surface area contributed by atoms with Gasteiger partial charge >= 0.3 is 0 Å². The minimum atomic E-state index is -0.112. The number of carbonyl (C=O) groups is 1. The van der Waals surface area contributed by atoms with Crippen molar-refractivity contribution in [2.24, 2.45) is 0 Å². The second-order valence-corrected chi connectivity index (χ2v) is 6.14. The van der Waals surface area contributed by atoms with Crippen LogP contribution in [0.25, 0.3) is 21.9 Å². The Morgan fingerprint density at radius 3 is 2.93 bits per heavy atom. The molecule has 0 aliphatic carbocycles. The Kier molecular flexibility index (Phi) is 5.16. The van der Waals surface area contributed by atoms with Gasteiger partial charge in [-0.2, -0.15) is 0 Å². The quantitative estimate of drug-likeness (QED) is 0.549. The Morgan fingerprint density at radius 2 is 1.96 bits per heavy atom. The average Bonchev–Trinajstić information content (AvgIpc) is 3.13. The molecule has 0 spiro atoms. The Labute approximate surface area is 162 Å². The number of aromatic nitrogens is 3. The summed E-state index contributed by atoms with van der Waals surface area (Å²) in [5.41, 5.74) is 2.69. The molecule has 4 aromatic rings. The van der Waals surface area contributed by atoms with E-state index in [9.17, 15) is 4.79 Å². The summed E-state index contributed by atoms with van der Waals surface area (Å²) in [5.74, 6) is 6.40. The van der Waals surface area contributed by atoms with Crippen molar-refractivity contribution in [3.8, 4) is 17.6 Å². The van der Waals surface area contributed by atoms with Gasteiger partial charge in [-0.25, -0.2) is 4.98 Å². The zero-order chi connectivity index (χ0) is 19.2. The summed E-state index contributed by atoms with van der Waals surface area (Å²) >= 11 is 0. The first-order valence-corrected chi connectivity index (χ1v) is 8.89. The summed E-state index contributed by atoms with van der Waals surface area (Å²) < 4.78 is 7.43. The molecule has 0 fully saturated rings. The van der Waals surface area contributed by atoms with Crippen LogP contribution in [0.1, 0.15) is 0 Å². The third-order valence-electron chi connectivity index (χ3n) is 4.23. The van der Waals surface area contributed by atoms with Crippen molar-refractivity contribution >= 4 is 27.8 Å². The van der Waals surface area contributed by atoms with E-state index >= 15 is 0 Å². The molecule has 0 atom stereocenters. The van der Waals surface area contributed by atoms with Crippen LogP contribution in [-0.2, 0) is 11.3 Å². The van der Waals surface area contributed by atoms with Gasteiger partial charge in [-0.15, -0.1) is 0 Å². The fourth-order valence-electron chi connectivity index (χ4n) is 2.86. The van der Waals surface area contributed by atoms with Gasteiger partial charge in [0.1, 0.15) is 18.9 Å². The maximum absolute atomic E-state index is 12.1. The van der Waals surface area contributed by atoms with Gasteiger partial charge in [0.25, 0.3) is 0 Å². The largest absolute Gasteiger partial charge is 0.481 e. The highest BCUT2D eigenvalue weighted by Gasteiger charge is 2.05. The minimum absolute atomic E-state index is 0.112. The van der Waals surface area contributed by atoms with E-state index in [-0.39, 0.29) is 25.6 Å². The van der Waals surface area contributed by atoms with E-state index in [4.69, 9.17) is 4.74 Å². The van der Waals surface area contributed by atoms with Gasteiger partial charge in [0.15, 0.2) is 0 Å². The van der Waals surface area contributed by atoms with E-state index in [0.717, 1.165) is 27.7 Å². The van der Waals surface area contributed by atoms with Crippen LogP contribution in [0.15, 0.2) is 67.1 Å². The number of hydrogen-bond acceptors (Lipinski definition) is 4. The summed E-state index contributed by atoms with van der Waals surface area (Å²) in [6, 6.07) is 17.3. The predicted octanol–water partition coefficient (Wildman–Crippen LogP) is 2.78. The number of fused-ring (bicyclic) bond motifs is 2. The molecule has 6 nitrogen and oxygen atoms in total. The fourth-order valence-corrected chi connectivity index (χ4v) is 2.86. The number of rotatable bonds is 5. The third-order valence-corrected chi connectivity index (χ3v) is 4.23. The number of benzene rings is 2. The number of pyridine rings is 1. The third kappa shape index (κ3) is 4.10. The van der Waals surface area contributed by atoms with Gasteiger partial charge in [-0.1, -0.05) is 30.0 Å². The Balaban J connectivity index is 1.24. The molecule has 0 radical (unpaired) electrons. The Bertz CT molecular complexity index is 1190. The van der Waals surface area contributed by atoms with E-state index in [1.165, 1.54) is 0 Å². The number of hydrogen-bond donors (Lipinski definition) is 1. The molecule has 28 heavy (non-hydrogen) atoms. The molecule has 2 aromatic heterocycles. The zero-order valence-electron chi connectivity index (χ0n) is 15.1. The van der Waals surface area contributed by atoms with Crippen LogP contribution in [0.2, 0.25) is 0 Å². The number of ether oxygens (including phenoxy) is 1. The molecule has 2 heterocycles. The molecule has 0 aliphatic rings. The molecule has 0 bridgehead atoms. The fraction of sp³-hybridized carbons (Fsp3) is 0.136. The highest BCUT2D eigenvalue weighted by atomic mass is 16.5. The van der Waals surface area contributed by atoms with E-state index in [0.29, 0.717) is 0 Å². The highest BCUT2D eigenvalue weighted by Crippen LogP contribution is 2.18. The molecule has 0 aliphatic heterocycles. The van der Waals surface area contributed by atoms with Gasteiger partial charge in [-0.05, 0) is 30.3 Å². The molecule has 1 N–H and O–H groups in total. The number of para-hydroxylation sites is 2. The summed E-state index contributed by atoms with van der Waals surface area (Å²) in [4.78, 5) is 20.6. The van der Waals surface area contributed by atoms with Crippen LogP contribution >= 0.6 is 0 Å². The van der Waals surface area contributed by atoms with E-state index in [1.54, 1.807) is 12.5 Å². The molecular weight excluding hydrogens is 352 g/mol. The summed E-state index contributed by atoms with van der Waals surface area (Å²) in [7, 11) is 0. The number of nitrogens with zero attached hydrogens (tertiary/aromatic N) is 3. The molecule has 4 rings (SSSR count). The maximum Gasteiger partial charge on any atom is 0.240 e. The van der Waals surface area contributed by atoms with Gasteiger partial charge in [0.05, 0.1) is 29.4 Å². The molecule has 0 saturated carbocycles. The number of nitrogens with one attached hydrogen (secondary N) is 1. The monoisotopic (exact) mass is 370 g/mol. The van der Waals surface area contributed by atoms with Gasteiger partial charge in [-0.3, -0.25) is 9.78 Å². The number of amides is 1. The molecule has 2 aromatic carbocycles. The maximum atomic E-state index is 12.1. The lowest BCUT2D eigenvalue weighted by molar-refractivity contribution is -0.121. The average molecular weight is 370 g/mol. The summed E-state index contributed by atoms with van der Waals surface area (Å²) in [5, 5.41) is 3.85. The Morgan fingerprint density at radius 1 is 1.04 bits per heavy atom. The molecule has 1 amide bonds. The van der Waals surface area contributed by atoms with Gasteiger partial charge in [0.2, 0.25) is 5.91 Å². The van der Waals surface area contributed by atoms with Crippen molar-refractivity contribution < 1.29 is 9.53 Å². The Hall–Kier alpha value is -3.85. The molecule has 6 heteroatoms. The van der Waals surface area contributed by atoms with Crippen molar-refractivity contribution in [2.75, 3.05) is 13.2 Å². The molecular formula is C22H18N4O2. The summed E-state index contributed by atoms with van der Waals surface area (Å²) in [6.07, 6.45) is 3.42. The number of imidazole rings is 1. The minimum Gasteiger partial charge on any atom is -0.481 e. The van der Waals surface area contributed by atoms with Crippen molar-refractivity contribution in [3.05, 3.63) is 67.1 Å². The summed E-state index contributed by atoms with van der Waals surface area (Å²) in [6.45, 7) is 0.733. The van der Waals surface area contributed by atoms with Crippen LogP contribution < -0.4 is 10.1 Å². The SMILES string of the molecule is O=C(Cn1cnc2ccccc21)NCC#CCOc1ccc2cccnc2c1. The van der Waals surface area contributed by atoms with Crippen molar-refractivity contribution in [2.45, 2.75) is 6.54 Å². The highest BCUT2D eigenvalue weighted by molar-refractivity contribution is 5.81.